The molecule has 0 fully saturated rings. The van der Waals surface area contributed by atoms with Gasteiger partial charge in [0.25, 0.3) is 0 Å². The van der Waals surface area contributed by atoms with Crippen LogP contribution in [0.3, 0.4) is 0 Å². The zero-order valence-electron chi connectivity index (χ0n) is 12.9. The van der Waals surface area contributed by atoms with Crippen LogP contribution < -0.4 is 10.6 Å². The Bertz CT molecular complexity index is 455. The first-order valence-corrected chi connectivity index (χ1v) is 6.89. The smallest absolute Gasteiger partial charge is 0.325 e. The number of esters is 1. The Morgan fingerprint density at radius 2 is 1.80 bits per heavy atom. The first-order chi connectivity index (χ1) is 9.36. The second kappa shape index (κ2) is 7.07. The minimum Gasteiger partial charge on any atom is -0.465 e. The molecular formula is C14H24N4O2. The van der Waals surface area contributed by atoms with Crippen molar-refractivity contribution < 1.29 is 9.53 Å². The lowest BCUT2D eigenvalue weighted by Crippen LogP contribution is -2.21. The van der Waals surface area contributed by atoms with Crippen molar-refractivity contribution in [2.75, 3.05) is 30.3 Å². The average Bonchev–Trinajstić information content (AvgIpc) is 2.36. The molecule has 0 spiro atoms. The van der Waals surface area contributed by atoms with E-state index in [1.165, 1.54) is 0 Å². The highest BCUT2D eigenvalue weighted by atomic mass is 16.5. The number of hydrogen-bond acceptors (Lipinski definition) is 6. The molecule has 1 heterocycles. The molecule has 0 saturated heterocycles. The van der Waals surface area contributed by atoms with Crippen molar-refractivity contribution in [3.05, 3.63) is 11.9 Å². The third-order valence-electron chi connectivity index (χ3n) is 2.47. The van der Waals surface area contributed by atoms with Gasteiger partial charge in [0.15, 0.2) is 0 Å². The summed E-state index contributed by atoms with van der Waals surface area (Å²) in [6, 6.07) is 1.79. The summed E-state index contributed by atoms with van der Waals surface area (Å²) in [6.07, 6.45) is 0. The molecule has 0 radical (unpaired) electrons. The number of hydrogen-bond donors (Lipinski definition) is 2. The van der Waals surface area contributed by atoms with Crippen molar-refractivity contribution in [3.8, 4) is 0 Å². The molecule has 1 aromatic heterocycles. The maximum absolute atomic E-state index is 11.4. The van der Waals surface area contributed by atoms with Gasteiger partial charge in [-0.1, -0.05) is 20.8 Å². The Kier molecular flexibility index (Phi) is 5.73. The summed E-state index contributed by atoms with van der Waals surface area (Å²) in [5, 5.41) is 6.14. The molecule has 112 valence electrons. The van der Waals surface area contributed by atoms with Crippen LogP contribution in [0, 0.1) is 0 Å². The average molecular weight is 280 g/mol. The monoisotopic (exact) mass is 280 g/mol. The molecule has 2 N–H and O–H groups in total. The Balaban J connectivity index is 2.89. The van der Waals surface area contributed by atoms with E-state index in [1.807, 2.05) is 27.7 Å². The van der Waals surface area contributed by atoms with Gasteiger partial charge in [0.2, 0.25) is 0 Å². The third-order valence-corrected chi connectivity index (χ3v) is 2.47. The molecule has 0 bridgehead atoms. The second-order valence-electron chi connectivity index (χ2n) is 5.40. The minimum atomic E-state index is -0.298. The molecule has 0 amide bonds. The van der Waals surface area contributed by atoms with E-state index in [1.54, 1.807) is 13.0 Å². The molecule has 0 atom stereocenters. The summed E-state index contributed by atoms with van der Waals surface area (Å²) >= 11 is 0. The van der Waals surface area contributed by atoms with Crippen molar-refractivity contribution in [3.63, 3.8) is 0 Å². The minimum absolute atomic E-state index is 0.0972. The summed E-state index contributed by atoms with van der Waals surface area (Å²) < 4.78 is 4.88. The number of nitrogens with zero attached hydrogens (tertiary/aromatic N) is 2. The first-order valence-electron chi connectivity index (χ1n) is 6.89. The summed E-state index contributed by atoms with van der Waals surface area (Å²) in [5.41, 5.74) is -0.161. The molecule has 0 unspecified atom stereocenters. The largest absolute Gasteiger partial charge is 0.465 e. The lowest BCUT2D eigenvalue weighted by Gasteiger charge is -2.19. The SMILES string of the molecule is CCNc1cc(NCC(=O)OCC)nc(C(C)(C)C)n1. The summed E-state index contributed by atoms with van der Waals surface area (Å²) in [5.74, 6) is 1.79. The van der Waals surface area contributed by atoms with Gasteiger partial charge in [-0.3, -0.25) is 4.79 Å². The highest BCUT2D eigenvalue weighted by Gasteiger charge is 2.19. The van der Waals surface area contributed by atoms with Crippen LogP contribution in [0.5, 0.6) is 0 Å². The highest BCUT2D eigenvalue weighted by molar-refractivity contribution is 5.74. The molecule has 1 rings (SSSR count). The van der Waals surface area contributed by atoms with Crippen molar-refractivity contribution in [1.82, 2.24) is 9.97 Å². The fourth-order valence-corrected chi connectivity index (χ4v) is 1.52. The molecule has 1 aromatic rings. The van der Waals surface area contributed by atoms with Crippen molar-refractivity contribution in [2.45, 2.75) is 40.0 Å². The summed E-state index contributed by atoms with van der Waals surface area (Å²) in [4.78, 5) is 20.3. The van der Waals surface area contributed by atoms with Gasteiger partial charge >= 0.3 is 5.97 Å². The molecule has 6 heteroatoms. The quantitative estimate of drug-likeness (QED) is 0.778. The second-order valence-corrected chi connectivity index (χ2v) is 5.40. The maximum Gasteiger partial charge on any atom is 0.325 e. The molecule has 20 heavy (non-hydrogen) atoms. The van der Waals surface area contributed by atoms with Crippen LogP contribution in [-0.4, -0.2) is 35.6 Å². The highest BCUT2D eigenvalue weighted by Crippen LogP contribution is 2.22. The van der Waals surface area contributed by atoms with Crippen molar-refractivity contribution >= 4 is 17.6 Å². The van der Waals surface area contributed by atoms with Crippen molar-refractivity contribution in [1.29, 1.82) is 0 Å². The van der Waals surface area contributed by atoms with Crippen LogP contribution in [-0.2, 0) is 14.9 Å². The molecule has 0 saturated carbocycles. The van der Waals surface area contributed by atoms with Gasteiger partial charge in [0.1, 0.15) is 24.0 Å². The molecule has 0 aliphatic carbocycles. The van der Waals surface area contributed by atoms with Gasteiger partial charge in [-0.25, -0.2) is 9.97 Å². The van der Waals surface area contributed by atoms with Crippen molar-refractivity contribution in [2.24, 2.45) is 0 Å². The normalized spacial score (nSPS) is 11.1. The van der Waals surface area contributed by atoms with Gasteiger partial charge in [-0.15, -0.1) is 0 Å². The first kappa shape index (κ1) is 16.2. The van der Waals surface area contributed by atoms with Crippen LogP contribution in [0.2, 0.25) is 0 Å². The number of carbonyl (C=O) groups is 1. The van der Waals surface area contributed by atoms with Crippen LogP contribution in [0.15, 0.2) is 6.07 Å². The zero-order valence-corrected chi connectivity index (χ0v) is 12.9. The predicted molar refractivity (Wildman–Crippen MR) is 80.0 cm³/mol. The number of nitrogens with one attached hydrogen (secondary N) is 2. The lowest BCUT2D eigenvalue weighted by atomic mass is 9.96. The van der Waals surface area contributed by atoms with Crippen LogP contribution in [0.4, 0.5) is 11.6 Å². The Labute approximate surface area is 120 Å². The fourth-order valence-electron chi connectivity index (χ4n) is 1.52. The Morgan fingerprint density at radius 1 is 1.20 bits per heavy atom. The van der Waals surface area contributed by atoms with Crippen LogP contribution in [0.25, 0.3) is 0 Å². The van der Waals surface area contributed by atoms with E-state index in [4.69, 9.17) is 4.74 Å². The van der Waals surface area contributed by atoms with Gasteiger partial charge in [0.05, 0.1) is 6.61 Å². The van der Waals surface area contributed by atoms with E-state index in [-0.39, 0.29) is 17.9 Å². The third kappa shape index (κ3) is 5.03. The van der Waals surface area contributed by atoms with E-state index in [9.17, 15) is 4.79 Å². The molecule has 0 aromatic carbocycles. The van der Waals surface area contributed by atoms with Gasteiger partial charge in [-0.2, -0.15) is 0 Å². The predicted octanol–water partition coefficient (Wildman–Crippen LogP) is 2.18. The van der Waals surface area contributed by atoms with Crippen LogP contribution >= 0.6 is 0 Å². The standard InChI is InChI=1S/C14H24N4O2/c1-6-15-10-8-11(16-9-12(19)20-7-2)18-13(17-10)14(3,4)5/h8H,6-7,9H2,1-5H3,(H2,15,16,17,18). The van der Waals surface area contributed by atoms with E-state index in [0.717, 1.165) is 18.2 Å². The van der Waals surface area contributed by atoms with Gasteiger partial charge < -0.3 is 15.4 Å². The Hall–Kier alpha value is -1.85. The topological polar surface area (TPSA) is 76.1 Å². The van der Waals surface area contributed by atoms with E-state index in [0.29, 0.717) is 12.4 Å². The molecule has 6 nitrogen and oxygen atoms in total. The molecule has 0 aliphatic heterocycles. The number of anilines is 2. The molecular weight excluding hydrogens is 256 g/mol. The summed E-state index contributed by atoms with van der Waals surface area (Å²) in [6.45, 7) is 11.2. The van der Waals surface area contributed by atoms with Gasteiger partial charge in [-0.05, 0) is 13.8 Å². The number of aromatic nitrogens is 2. The number of ether oxygens (including phenoxy) is 1. The van der Waals surface area contributed by atoms with Gasteiger partial charge in [0, 0.05) is 18.0 Å². The lowest BCUT2D eigenvalue weighted by molar-refractivity contribution is -0.140. The number of carbonyl (C=O) groups excluding carboxylic acids is 1. The fraction of sp³-hybridized carbons (Fsp3) is 0.643. The van der Waals surface area contributed by atoms with E-state index < -0.39 is 0 Å². The van der Waals surface area contributed by atoms with Crippen LogP contribution in [0.1, 0.15) is 40.4 Å². The zero-order chi connectivity index (χ0) is 15.2. The summed E-state index contributed by atoms with van der Waals surface area (Å²) in [7, 11) is 0. The van der Waals surface area contributed by atoms with E-state index >= 15 is 0 Å². The number of rotatable bonds is 6. The molecule has 0 aliphatic rings. The van der Waals surface area contributed by atoms with E-state index in [2.05, 4.69) is 20.6 Å². The maximum atomic E-state index is 11.4. The Morgan fingerprint density at radius 3 is 2.30 bits per heavy atom.